The van der Waals surface area contributed by atoms with Gasteiger partial charge >= 0.3 is 0 Å². The predicted octanol–water partition coefficient (Wildman–Crippen LogP) is 4.82. The Morgan fingerprint density at radius 2 is 1.69 bits per heavy atom. The number of likely N-dealkylation sites (N-methyl/N-ethyl adjacent to an activating group) is 1. The number of methoxy groups -OCH3 is 1. The molecular formula is C29H34BrN3O5S. The number of nitrogens with zero attached hydrogens (tertiary/aromatic N) is 2. The highest BCUT2D eigenvalue weighted by molar-refractivity contribution is 9.10. The first kappa shape index (κ1) is 30.2. The average Bonchev–Trinajstić information content (AvgIpc) is 2.92. The Labute approximate surface area is 239 Å². The SMILES string of the molecule is CCC(C(=O)NC)N(Cc1ccccc1C)C(=O)CN(c1ccc(C)cc1)S(=O)(=O)c1ccc(OC)c(Br)c1. The van der Waals surface area contributed by atoms with E-state index >= 15 is 0 Å². The lowest BCUT2D eigenvalue weighted by molar-refractivity contribution is -0.140. The van der Waals surface area contributed by atoms with Crippen molar-refractivity contribution in [1.82, 2.24) is 10.2 Å². The summed E-state index contributed by atoms with van der Waals surface area (Å²) in [5, 5.41) is 2.63. The Bertz CT molecular complexity index is 1430. The van der Waals surface area contributed by atoms with Gasteiger partial charge < -0.3 is 15.0 Å². The van der Waals surface area contributed by atoms with E-state index < -0.39 is 28.5 Å². The number of hydrogen-bond acceptors (Lipinski definition) is 5. The van der Waals surface area contributed by atoms with Gasteiger partial charge in [0.2, 0.25) is 11.8 Å². The van der Waals surface area contributed by atoms with Crippen LogP contribution in [-0.4, -0.2) is 51.9 Å². The normalized spacial score (nSPS) is 11.9. The van der Waals surface area contributed by atoms with Crippen molar-refractivity contribution in [2.45, 2.75) is 44.7 Å². The standard InChI is InChI=1S/C29H34BrN3O5S/c1-6-26(29(35)31-4)32(18-22-10-8-7-9-21(22)3)28(34)19-33(23-13-11-20(2)12-14-23)39(36,37)24-15-16-27(38-5)25(30)17-24/h7-17,26H,6,18-19H2,1-5H3,(H,31,35). The summed E-state index contributed by atoms with van der Waals surface area (Å²) >= 11 is 3.36. The fraction of sp³-hybridized carbons (Fsp3) is 0.310. The van der Waals surface area contributed by atoms with Crippen LogP contribution >= 0.6 is 15.9 Å². The summed E-state index contributed by atoms with van der Waals surface area (Å²) in [6.07, 6.45) is 0.361. The Morgan fingerprint density at radius 3 is 2.26 bits per heavy atom. The molecule has 0 heterocycles. The van der Waals surface area contributed by atoms with Crippen LogP contribution in [0.3, 0.4) is 0 Å². The highest BCUT2D eigenvalue weighted by Crippen LogP contribution is 2.31. The second kappa shape index (κ2) is 13.1. The smallest absolute Gasteiger partial charge is 0.264 e. The number of hydrogen-bond donors (Lipinski definition) is 1. The number of rotatable bonds is 11. The van der Waals surface area contributed by atoms with E-state index in [9.17, 15) is 18.0 Å². The maximum atomic E-state index is 14.0. The van der Waals surface area contributed by atoms with Gasteiger partial charge in [0.15, 0.2) is 0 Å². The lowest BCUT2D eigenvalue weighted by Gasteiger charge is -2.33. The molecule has 3 aromatic carbocycles. The number of nitrogens with one attached hydrogen (secondary N) is 1. The Kier molecular flexibility index (Phi) is 10.2. The average molecular weight is 617 g/mol. The molecule has 10 heteroatoms. The number of halogens is 1. The van der Waals surface area contributed by atoms with Crippen molar-refractivity contribution in [1.29, 1.82) is 0 Å². The molecule has 0 bridgehead atoms. The van der Waals surface area contributed by atoms with Gasteiger partial charge in [-0.3, -0.25) is 13.9 Å². The molecule has 39 heavy (non-hydrogen) atoms. The zero-order valence-corrected chi connectivity index (χ0v) is 25.2. The minimum absolute atomic E-state index is 0.00709. The number of sulfonamides is 1. The number of benzene rings is 3. The van der Waals surface area contributed by atoms with Gasteiger partial charge in [-0.1, -0.05) is 48.9 Å². The van der Waals surface area contributed by atoms with Crippen molar-refractivity contribution in [2.75, 3.05) is 25.0 Å². The van der Waals surface area contributed by atoms with Crippen molar-refractivity contribution < 1.29 is 22.7 Å². The van der Waals surface area contributed by atoms with Gasteiger partial charge in [0.1, 0.15) is 18.3 Å². The Morgan fingerprint density at radius 1 is 1.03 bits per heavy atom. The lowest BCUT2D eigenvalue weighted by Crippen LogP contribution is -2.51. The van der Waals surface area contributed by atoms with E-state index in [1.807, 2.05) is 45.0 Å². The molecule has 1 N–H and O–H groups in total. The molecule has 0 fully saturated rings. The third-order valence-electron chi connectivity index (χ3n) is 6.55. The number of ether oxygens (including phenoxy) is 1. The first-order chi connectivity index (χ1) is 18.5. The molecule has 2 amide bonds. The molecular weight excluding hydrogens is 582 g/mol. The molecule has 0 radical (unpaired) electrons. The number of carbonyl (C=O) groups is 2. The molecule has 3 aromatic rings. The van der Waals surface area contributed by atoms with Crippen LogP contribution in [0.4, 0.5) is 5.69 Å². The topological polar surface area (TPSA) is 96.0 Å². The summed E-state index contributed by atoms with van der Waals surface area (Å²) in [5.41, 5.74) is 3.12. The van der Waals surface area contributed by atoms with Crippen molar-refractivity contribution in [3.8, 4) is 5.75 Å². The van der Waals surface area contributed by atoms with Crippen LogP contribution < -0.4 is 14.4 Å². The van der Waals surface area contributed by atoms with Crippen LogP contribution in [-0.2, 0) is 26.2 Å². The van der Waals surface area contributed by atoms with E-state index in [-0.39, 0.29) is 17.3 Å². The maximum absolute atomic E-state index is 14.0. The van der Waals surface area contributed by atoms with Gasteiger partial charge in [0.05, 0.1) is 22.2 Å². The third-order valence-corrected chi connectivity index (χ3v) is 8.94. The van der Waals surface area contributed by atoms with Gasteiger partial charge in [-0.05, 0) is 77.7 Å². The van der Waals surface area contributed by atoms with Crippen molar-refractivity contribution in [2.24, 2.45) is 0 Å². The molecule has 0 aliphatic rings. The van der Waals surface area contributed by atoms with E-state index in [0.29, 0.717) is 22.3 Å². The van der Waals surface area contributed by atoms with Crippen LogP contribution in [0.25, 0.3) is 0 Å². The minimum Gasteiger partial charge on any atom is -0.496 e. The van der Waals surface area contributed by atoms with E-state index in [2.05, 4.69) is 21.2 Å². The second-order valence-electron chi connectivity index (χ2n) is 9.13. The van der Waals surface area contributed by atoms with Gasteiger partial charge in [-0.2, -0.15) is 0 Å². The highest BCUT2D eigenvalue weighted by atomic mass is 79.9. The van der Waals surface area contributed by atoms with Gasteiger partial charge in [-0.15, -0.1) is 0 Å². The van der Waals surface area contributed by atoms with Crippen molar-refractivity contribution in [3.05, 3.63) is 87.9 Å². The van der Waals surface area contributed by atoms with Gasteiger partial charge in [-0.25, -0.2) is 8.42 Å². The maximum Gasteiger partial charge on any atom is 0.264 e. The Hall–Kier alpha value is -3.37. The molecule has 0 saturated carbocycles. The monoisotopic (exact) mass is 615 g/mol. The molecule has 8 nitrogen and oxygen atoms in total. The summed E-state index contributed by atoms with van der Waals surface area (Å²) < 4.78 is 34.8. The van der Waals surface area contributed by atoms with E-state index in [1.54, 1.807) is 30.3 Å². The fourth-order valence-electron chi connectivity index (χ4n) is 4.23. The van der Waals surface area contributed by atoms with Crippen LogP contribution in [0.2, 0.25) is 0 Å². The zero-order valence-electron chi connectivity index (χ0n) is 22.8. The first-order valence-corrected chi connectivity index (χ1v) is 14.7. The third kappa shape index (κ3) is 6.99. The molecule has 0 aliphatic heterocycles. The van der Waals surface area contributed by atoms with E-state index in [0.717, 1.165) is 21.0 Å². The fourth-order valence-corrected chi connectivity index (χ4v) is 6.36. The molecule has 0 saturated heterocycles. The molecule has 1 unspecified atom stereocenters. The van der Waals surface area contributed by atoms with E-state index in [4.69, 9.17) is 4.74 Å². The van der Waals surface area contributed by atoms with Crippen molar-refractivity contribution >= 4 is 43.5 Å². The van der Waals surface area contributed by atoms with Gasteiger partial charge in [0, 0.05) is 13.6 Å². The largest absolute Gasteiger partial charge is 0.496 e. The van der Waals surface area contributed by atoms with Crippen LogP contribution in [0.1, 0.15) is 30.0 Å². The summed E-state index contributed by atoms with van der Waals surface area (Å²) in [7, 11) is -1.17. The molecule has 0 aliphatic carbocycles. The number of amides is 2. The first-order valence-electron chi connectivity index (χ1n) is 12.5. The van der Waals surface area contributed by atoms with E-state index in [1.165, 1.54) is 31.2 Å². The van der Waals surface area contributed by atoms with Crippen molar-refractivity contribution in [3.63, 3.8) is 0 Å². The number of carbonyl (C=O) groups excluding carboxylic acids is 2. The second-order valence-corrected chi connectivity index (χ2v) is 11.8. The quantitative estimate of drug-likeness (QED) is 0.333. The van der Waals surface area contributed by atoms with Crippen LogP contribution in [0, 0.1) is 13.8 Å². The minimum atomic E-state index is -4.18. The molecule has 208 valence electrons. The number of anilines is 1. The van der Waals surface area contributed by atoms with Crippen LogP contribution in [0.5, 0.6) is 5.75 Å². The zero-order chi connectivity index (χ0) is 28.7. The molecule has 0 aromatic heterocycles. The summed E-state index contributed by atoms with van der Waals surface area (Å²) in [4.78, 5) is 28.3. The lowest BCUT2D eigenvalue weighted by atomic mass is 10.1. The Balaban J connectivity index is 2.09. The molecule has 0 spiro atoms. The summed E-state index contributed by atoms with van der Waals surface area (Å²) in [5.74, 6) is -0.332. The van der Waals surface area contributed by atoms with Crippen LogP contribution in [0.15, 0.2) is 76.1 Å². The highest BCUT2D eigenvalue weighted by Gasteiger charge is 2.33. The van der Waals surface area contributed by atoms with Gasteiger partial charge in [0.25, 0.3) is 10.0 Å². The summed E-state index contributed by atoms with van der Waals surface area (Å²) in [6.45, 7) is 5.32. The molecule has 3 rings (SSSR count). The summed E-state index contributed by atoms with van der Waals surface area (Å²) in [6, 6.07) is 18.2. The molecule has 1 atom stereocenters. The predicted molar refractivity (Wildman–Crippen MR) is 156 cm³/mol. The number of aryl methyl sites for hydroxylation is 2.